The molecule has 0 unspecified atom stereocenters. The number of hydrogen-bond acceptors (Lipinski definition) is 1. The molecule has 1 nitrogen and oxygen atoms in total. The Kier molecular flexibility index (Phi) is 3.03. The molecule has 0 N–H and O–H groups in total. The van der Waals surface area contributed by atoms with Crippen LogP contribution >= 0.6 is 0 Å². The van der Waals surface area contributed by atoms with E-state index in [-0.39, 0.29) is 5.78 Å². The van der Waals surface area contributed by atoms with Crippen LogP contribution < -0.4 is 0 Å². The molecule has 0 bridgehead atoms. The van der Waals surface area contributed by atoms with Crippen LogP contribution in [0.5, 0.6) is 0 Å². The van der Waals surface area contributed by atoms with E-state index >= 15 is 0 Å². The Morgan fingerprint density at radius 3 is 2.33 bits per heavy atom. The van der Waals surface area contributed by atoms with Gasteiger partial charge in [0.2, 0.25) is 0 Å². The minimum Gasteiger partial charge on any atom is -0.294 e. The van der Waals surface area contributed by atoms with E-state index in [1.54, 1.807) is 0 Å². The topological polar surface area (TPSA) is 17.1 Å². The maximum absolute atomic E-state index is 10.8. The van der Waals surface area contributed by atoms with Crippen molar-refractivity contribution in [2.75, 3.05) is 0 Å². The normalized spacial score (nSPS) is 9.83. The Morgan fingerprint density at radius 2 is 1.92 bits per heavy atom. The van der Waals surface area contributed by atoms with Gasteiger partial charge in [-0.3, -0.25) is 4.79 Å². The van der Waals surface area contributed by atoms with Crippen molar-refractivity contribution >= 4 is 5.78 Å². The van der Waals surface area contributed by atoms with Crippen LogP contribution in [-0.2, 0) is 6.42 Å². The average Bonchev–Trinajstić information content (AvgIpc) is 2.06. The molecule has 0 saturated carbocycles. The lowest BCUT2D eigenvalue weighted by Crippen LogP contribution is -1.92. The van der Waals surface area contributed by atoms with Gasteiger partial charge >= 0.3 is 0 Å². The third kappa shape index (κ3) is 2.19. The Bertz CT molecular complexity index is 259. The van der Waals surface area contributed by atoms with E-state index in [0.29, 0.717) is 5.56 Å². The highest BCUT2D eigenvalue weighted by Crippen LogP contribution is 2.06. The van der Waals surface area contributed by atoms with Crippen LogP contribution in [-0.4, -0.2) is 5.78 Å². The minimum atomic E-state index is -0.113. The molecule has 0 spiro atoms. The SMILES string of the molecule is [CH2]C(=O)c1ccc(CCC)cc1. The van der Waals surface area contributed by atoms with Crippen LogP contribution in [0.15, 0.2) is 24.3 Å². The van der Waals surface area contributed by atoms with Crippen LogP contribution in [0.25, 0.3) is 0 Å². The molecule has 0 atom stereocenters. The highest BCUT2D eigenvalue weighted by atomic mass is 16.1. The monoisotopic (exact) mass is 161 g/mol. The van der Waals surface area contributed by atoms with Crippen molar-refractivity contribution in [2.24, 2.45) is 0 Å². The summed E-state index contributed by atoms with van der Waals surface area (Å²) < 4.78 is 0. The van der Waals surface area contributed by atoms with Gasteiger partial charge in [-0.2, -0.15) is 0 Å². The predicted molar refractivity (Wildman–Crippen MR) is 50.1 cm³/mol. The molecule has 1 aromatic carbocycles. The van der Waals surface area contributed by atoms with E-state index in [0.717, 1.165) is 12.8 Å². The maximum Gasteiger partial charge on any atom is 0.163 e. The predicted octanol–water partition coefficient (Wildman–Crippen LogP) is 2.66. The molecule has 0 heterocycles. The van der Waals surface area contributed by atoms with E-state index in [1.165, 1.54) is 5.56 Å². The molecule has 1 radical (unpaired) electrons. The molecule has 1 heteroatoms. The van der Waals surface area contributed by atoms with Crippen molar-refractivity contribution in [1.82, 2.24) is 0 Å². The molecule has 0 saturated heterocycles. The average molecular weight is 161 g/mol. The summed E-state index contributed by atoms with van der Waals surface area (Å²) >= 11 is 0. The Morgan fingerprint density at radius 1 is 1.33 bits per heavy atom. The summed E-state index contributed by atoms with van der Waals surface area (Å²) in [5, 5.41) is 0. The van der Waals surface area contributed by atoms with Crippen LogP contribution in [0.3, 0.4) is 0 Å². The zero-order valence-corrected chi connectivity index (χ0v) is 7.34. The molecule has 0 fully saturated rings. The lowest BCUT2D eigenvalue weighted by atomic mass is 10.1. The number of ketones is 1. The van der Waals surface area contributed by atoms with Gasteiger partial charge in [0.1, 0.15) is 0 Å². The minimum absolute atomic E-state index is 0.113. The van der Waals surface area contributed by atoms with Crippen molar-refractivity contribution in [3.05, 3.63) is 42.3 Å². The van der Waals surface area contributed by atoms with Gasteiger partial charge < -0.3 is 0 Å². The summed E-state index contributed by atoms with van der Waals surface area (Å²) in [6.45, 7) is 5.48. The van der Waals surface area contributed by atoms with Gasteiger partial charge in [0, 0.05) is 12.5 Å². The van der Waals surface area contributed by atoms with Crippen molar-refractivity contribution in [1.29, 1.82) is 0 Å². The maximum atomic E-state index is 10.8. The highest BCUT2D eigenvalue weighted by Gasteiger charge is 1.97. The largest absolute Gasteiger partial charge is 0.294 e. The van der Waals surface area contributed by atoms with E-state index in [9.17, 15) is 4.79 Å². The van der Waals surface area contributed by atoms with Crippen molar-refractivity contribution < 1.29 is 4.79 Å². The zero-order chi connectivity index (χ0) is 8.97. The zero-order valence-electron chi connectivity index (χ0n) is 7.34. The molecule has 0 aliphatic rings. The van der Waals surface area contributed by atoms with Gasteiger partial charge in [-0.1, -0.05) is 37.6 Å². The number of hydrogen-bond donors (Lipinski definition) is 0. The Balaban J connectivity index is 2.78. The third-order valence-electron chi connectivity index (χ3n) is 1.81. The summed E-state index contributed by atoms with van der Waals surface area (Å²) in [7, 11) is 0. The number of carbonyl (C=O) groups is 1. The van der Waals surface area contributed by atoms with Gasteiger partial charge in [-0.15, -0.1) is 0 Å². The molecule has 1 aromatic rings. The lowest BCUT2D eigenvalue weighted by molar-refractivity contribution is 0.104. The molecule has 1 rings (SSSR count). The van der Waals surface area contributed by atoms with Gasteiger partial charge in [0.25, 0.3) is 0 Å². The fourth-order valence-corrected chi connectivity index (χ4v) is 1.15. The Hall–Kier alpha value is -1.11. The van der Waals surface area contributed by atoms with Gasteiger partial charge in [-0.25, -0.2) is 0 Å². The first-order valence-corrected chi connectivity index (χ1v) is 4.19. The van der Waals surface area contributed by atoms with Gasteiger partial charge in [0.05, 0.1) is 0 Å². The number of Topliss-reactive ketones (excluding diaryl/α,β-unsaturated/α-hetero) is 1. The van der Waals surface area contributed by atoms with Gasteiger partial charge in [-0.05, 0) is 12.0 Å². The second-order valence-electron chi connectivity index (χ2n) is 2.87. The standard InChI is InChI=1S/C11H13O/c1-3-4-10-5-7-11(8-6-10)9(2)12/h5-8H,2-4H2,1H3. The first kappa shape index (κ1) is 8.98. The molecular weight excluding hydrogens is 148 g/mol. The van der Waals surface area contributed by atoms with Crippen LogP contribution in [0.1, 0.15) is 29.3 Å². The second-order valence-corrected chi connectivity index (χ2v) is 2.87. The van der Waals surface area contributed by atoms with Crippen molar-refractivity contribution in [3.8, 4) is 0 Å². The molecule has 0 amide bonds. The van der Waals surface area contributed by atoms with Crippen molar-refractivity contribution in [3.63, 3.8) is 0 Å². The van der Waals surface area contributed by atoms with Gasteiger partial charge in [0.15, 0.2) is 5.78 Å². The first-order valence-electron chi connectivity index (χ1n) is 4.19. The summed E-state index contributed by atoms with van der Waals surface area (Å²) in [5.74, 6) is -0.113. The van der Waals surface area contributed by atoms with Crippen LogP contribution in [0.2, 0.25) is 0 Å². The fourth-order valence-electron chi connectivity index (χ4n) is 1.15. The van der Waals surface area contributed by atoms with Crippen molar-refractivity contribution in [2.45, 2.75) is 19.8 Å². The number of benzene rings is 1. The van der Waals surface area contributed by atoms with E-state index in [2.05, 4.69) is 13.8 Å². The molecule has 63 valence electrons. The number of carbonyl (C=O) groups excluding carboxylic acids is 1. The van der Waals surface area contributed by atoms with E-state index in [4.69, 9.17) is 0 Å². The fraction of sp³-hybridized carbons (Fsp3) is 0.273. The molecular formula is C11H13O. The van der Waals surface area contributed by atoms with Crippen LogP contribution in [0, 0.1) is 6.92 Å². The smallest absolute Gasteiger partial charge is 0.163 e. The number of rotatable bonds is 3. The summed E-state index contributed by atoms with van der Waals surface area (Å²) in [4.78, 5) is 10.8. The van der Waals surface area contributed by atoms with Crippen LogP contribution in [0.4, 0.5) is 0 Å². The summed E-state index contributed by atoms with van der Waals surface area (Å²) in [6.07, 6.45) is 2.21. The Labute approximate surface area is 73.4 Å². The summed E-state index contributed by atoms with van der Waals surface area (Å²) in [5.41, 5.74) is 1.97. The first-order chi connectivity index (χ1) is 5.74. The highest BCUT2D eigenvalue weighted by molar-refractivity contribution is 5.99. The molecule has 0 aliphatic carbocycles. The van der Waals surface area contributed by atoms with E-state index < -0.39 is 0 Å². The summed E-state index contributed by atoms with van der Waals surface area (Å²) in [6, 6.07) is 7.64. The third-order valence-corrected chi connectivity index (χ3v) is 1.81. The van der Waals surface area contributed by atoms with E-state index in [1.807, 2.05) is 24.3 Å². The lowest BCUT2D eigenvalue weighted by Gasteiger charge is -1.98. The quantitative estimate of drug-likeness (QED) is 0.623. The second kappa shape index (κ2) is 4.05. The molecule has 12 heavy (non-hydrogen) atoms. The molecule has 0 aliphatic heterocycles. The number of aryl methyl sites for hydroxylation is 1. The molecule has 0 aromatic heterocycles.